The molecule has 0 nitrogen and oxygen atoms in total. The highest BCUT2D eigenvalue weighted by molar-refractivity contribution is 6.21. The maximum Gasteiger partial charge on any atom is 0.421 e. The molecular formula is C5H7ClF4. The molecule has 0 aromatic rings. The van der Waals surface area contributed by atoms with Crippen LogP contribution in [0, 0.1) is 0 Å². The third-order valence-corrected chi connectivity index (χ3v) is 1.55. The van der Waals surface area contributed by atoms with Crippen molar-refractivity contribution in [3.63, 3.8) is 0 Å². The molecule has 0 fully saturated rings. The van der Waals surface area contributed by atoms with Crippen molar-refractivity contribution in [2.24, 2.45) is 0 Å². The van der Waals surface area contributed by atoms with Crippen LogP contribution in [0.15, 0.2) is 0 Å². The Hall–Kier alpha value is 0.01000. The van der Waals surface area contributed by atoms with Crippen LogP contribution in [0.4, 0.5) is 17.6 Å². The molecule has 0 aliphatic carbocycles. The molecular weight excluding hydrogens is 171 g/mol. The first kappa shape index (κ1) is 10.0. The summed E-state index contributed by atoms with van der Waals surface area (Å²) in [5, 5.41) is -1.46. The van der Waals surface area contributed by atoms with E-state index in [1.807, 2.05) is 0 Å². The molecule has 0 spiro atoms. The van der Waals surface area contributed by atoms with E-state index in [9.17, 15) is 17.6 Å². The van der Waals surface area contributed by atoms with Gasteiger partial charge in [0.05, 0.1) is 5.38 Å². The average molecular weight is 179 g/mol. The lowest BCUT2D eigenvalue weighted by molar-refractivity contribution is -0.180. The Balaban J connectivity index is 3.94. The summed E-state index contributed by atoms with van der Waals surface area (Å²) in [4.78, 5) is 0. The fourth-order valence-electron chi connectivity index (χ4n) is 0.412. The van der Waals surface area contributed by atoms with Crippen molar-refractivity contribution in [1.29, 1.82) is 0 Å². The zero-order chi connectivity index (χ0) is 8.36. The van der Waals surface area contributed by atoms with Crippen molar-refractivity contribution < 1.29 is 17.6 Å². The molecule has 5 heteroatoms. The van der Waals surface area contributed by atoms with Gasteiger partial charge in [-0.1, -0.05) is 6.92 Å². The average Bonchev–Trinajstić information content (AvgIpc) is 1.83. The SMILES string of the molecule is CCC(Cl)C(F)C(F)(F)F. The minimum absolute atomic E-state index is 0.0256. The van der Waals surface area contributed by atoms with E-state index in [2.05, 4.69) is 0 Å². The normalized spacial score (nSPS) is 18.6. The van der Waals surface area contributed by atoms with E-state index in [4.69, 9.17) is 11.6 Å². The Labute approximate surface area is 61.2 Å². The van der Waals surface area contributed by atoms with Gasteiger partial charge in [-0.3, -0.25) is 0 Å². The maximum atomic E-state index is 12.0. The topological polar surface area (TPSA) is 0 Å². The first-order chi connectivity index (χ1) is 4.39. The molecule has 0 rings (SSSR count). The van der Waals surface area contributed by atoms with Crippen LogP contribution >= 0.6 is 11.6 Å². The third-order valence-electron chi connectivity index (χ3n) is 1.02. The second kappa shape index (κ2) is 3.42. The molecule has 0 bridgehead atoms. The minimum atomic E-state index is -4.82. The summed E-state index contributed by atoms with van der Waals surface area (Å²) in [6.45, 7) is 1.40. The van der Waals surface area contributed by atoms with E-state index < -0.39 is 17.7 Å². The van der Waals surface area contributed by atoms with Crippen LogP contribution in [0.3, 0.4) is 0 Å². The van der Waals surface area contributed by atoms with Gasteiger partial charge in [0.2, 0.25) is 6.17 Å². The highest BCUT2D eigenvalue weighted by atomic mass is 35.5. The van der Waals surface area contributed by atoms with E-state index >= 15 is 0 Å². The molecule has 0 aromatic carbocycles. The molecule has 0 N–H and O–H groups in total. The van der Waals surface area contributed by atoms with Crippen molar-refractivity contribution in [1.82, 2.24) is 0 Å². The van der Waals surface area contributed by atoms with Crippen molar-refractivity contribution in [2.45, 2.75) is 31.1 Å². The molecule has 0 saturated carbocycles. The molecule has 10 heavy (non-hydrogen) atoms. The van der Waals surface area contributed by atoms with Crippen molar-refractivity contribution >= 4 is 11.6 Å². The van der Waals surface area contributed by atoms with E-state index in [1.165, 1.54) is 6.92 Å². The third kappa shape index (κ3) is 2.73. The fraction of sp³-hybridized carbons (Fsp3) is 1.00. The standard InChI is InChI=1S/C5H7ClF4/c1-2-3(6)4(7)5(8,9)10/h3-4H,2H2,1H3. The van der Waals surface area contributed by atoms with Gasteiger partial charge in [-0.2, -0.15) is 13.2 Å². The van der Waals surface area contributed by atoms with Gasteiger partial charge in [-0.05, 0) is 6.42 Å². The van der Waals surface area contributed by atoms with Crippen LogP contribution in [0.25, 0.3) is 0 Å². The van der Waals surface area contributed by atoms with Crippen LogP contribution in [0.5, 0.6) is 0 Å². The summed E-state index contributed by atoms with van der Waals surface area (Å²) in [5.41, 5.74) is 0. The van der Waals surface area contributed by atoms with Crippen molar-refractivity contribution in [3.05, 3.63) is 0 Å². The smallest absolute Gasteiger partial charge is 0.236 e. The Bertz CT molecular complexity index is 100. The number of alkyl halides is 5. The van der Waals surface area contributed by atoms with E-state index in [0.717, 1.165) is 0 Å². The summed E-state index contributed by atoms with van der Waals surface area (Å²) in [7, 11) is 0. The first-order valence-electron chi connectivity index (χ1n) is 2.74. The molecule has 0 aliphatic heterocycles. The van der Waals surface area contributed by atoms with Gasteiger partial charge in [-0.15, -0.1) is 11.6 Å². The van der Waals surface area contributed by atoms with E-state index in [0.29, 0.717) is 0 Å². The summed E-state index contributed by atoms with van der Waals surface area (Å²) >= 11 is 5.01. The zero-order valence-corrected chi connectivity index (χ0v) is 6.01. The second-order valence-electron chi connectivity index (χ2n) is 1.87. The summed E-state index contributed by atoms with van der Waals surface area (Å²) in [6.07, 6.45) is -7.75. The van der Waals surface area contributed by atoms with Gasteiger partial charge in [0.15, 0.2) is 0 Å². The number of rotatable bonds is 2. The Kier molecular flexibility index (Phi) is 3.42. The lowest BCUT2D eigenvalue weighted by Gasteiger charge is -2.15. The Morgan fingerprint density at radius 1 is 1.40 bits per heavy atom. The fourth-order valence-corrected chi connectivity index (χ4v) is 0.555. The molecule has 2 unspecified atom stereocenters. The van der Waals surface area contributed by atoms with Crippen LogP contribution in [0.2, 0.25) is 0 Å². The molecule has 0 saturated heterocycles. The predicted octanol–water partition coefficient (Wildman–Crippen LogP) is 2.90. The summed E-state index contributed by atoms with van der Waals surface area (Å²) in [6, 6.07) is 0. The Morgan fingerprint density at radius 2 is 1.80 bits per heavy atom. The van der Waals surface area contributed by atoms with Gasteiger partial charge >= 0.3 is 6.18 Å². The molecule has 0 radical (unpaired) electrons. The molecule has 62 valence electrons. The highest BCUT2D eigenvalue weighted by Gasteiger charge is 2.43. The predicted molar refractivity (Wildman–Crippen MR) is 30.9 cm³/mol. The summed E-state index contributed by atoms with van der Waals surface area (Å²) < 4.78 is 46.3. The lowest BCUT2D eigenvalue weighted by Crippen LogP contribution is -2.32. The number of halogens is 5. The molecule has 0 amide bonds. The van der Waals surface area contributed by atoms with Gasteiger partial charge < -0.3 is 0 Å². The van der Waals surface area contributed by atoms with Crippen LogP contribution in [0.1, 0.15) is 13.3 Å². The zero-order valence-electron chi connectivity index (χ0n) is 5.25. The first-order valence-corrected chi connectivity index (χ1v) is 3.18. The largest absolute Gasteiger partial charge is 0.421 e. The quantitative estimate of drug-likeness (QED) is 0.451. The van der Waals surface area contributed by atoms with Crippen LogP contribution in [-0.4, -0.2) is 17.7 Å². The van der Waals surface area contributed by atoms with Gasteiger partial charge in [0, 0.05) is 0 Å². The number of hydrogen-bond acceptors (Lipinski definition) is 0. The van der Waals surface area contributed by atoms with Crippen LogP contribution in [-0.2, 0) is 0 Å². The molecule has 0 heterocycles. The number of hydrogen-bond donors (Lipinski definition) is 0. The van der Waals surface area contributed by atoms with E-state index in [-0.39, 0.29) is 6.42 Å². The van der Waals surface area contributed by atoms with Crippen molar-refractivity contribution in [3.8, 4) is 0 Å². The van der Waals surface area contributed by atoms with Crippen LogP contribution < -0.4 is 0 Å². The van der Waals surface area contributed by atoms with Crippen molar-refractivity contribution in [2.75, 3.05) is 0 Å². The molecule has 0 aliphatic rings. The monoisotopic (exact) mass is 178 g/mol. The minimum Gasteiger partial charge on any atom is -0.236 e. The highest BCUT2D eigenvalue weighted by Crippen LogP contribution is 2.28. The van der Waals surface area contributed by atoms with Gasteiger partial charge in [-0.25, -0.2) is 4.39 Å². The molecule has 0 aromatic heterocycles. The van der Waals surface area contributed by atoms with Gasteiger partial charge in [0.25, 0.3) is 0 Å². The Morgan fingerprint density at radius 3 is 1.90 bits per heavy atom. The molecule has 2 atom stereocenters. The summed E-state index contributed by atoms with van der Waals surface area (Å²) in [5.74, 6) is 0. The van der Waals surface area contributed by atoms with Gasteiger partial charge in [0.1, 0.15) is 0 Å². The lowest BCUT2D eigenvalue weighted by atomic mass is 10.2. The maximum absolute atomic E-state index is 12.0. The van der Waals surface area contributed by atoms with E-state index in [1.54, 1.807) is 0 Å². The second-order valence-corrected chi connectivity index (χ2v) is 2.43.